The number of aryl methyl sites for hydroxylation is 3. The second kappa shape index (κ2) is 9.03. The molecule has 4 aromatic rings. The summed E-state index contributed by atoms with van der Waals surface area (Å²) in [6.45, 7) is 7.31. The summed E-state index contributed by atoms with van der Waals surface area (Å²) in [5, 5.41) is 0.542. The molecule has 0 spiro atoms. The molecule has 0 saturated carbocycles. The summed E-state index contributed by atoms with van der Waals surface area (Å²) >= 11 is 1.41. The van der Waals surface area contributed by atoms with E-state index in [0.29, 0.717) is 15.9 Å². The normalized spacial score (nSPS) is 12.5. The maximum Gasteiger partial charge on any atom is 0.338 e. The van der Waals surface area contributed by atoms with Gasteiger partial charge in [-0.05, 0) is 69.7 Å². The summed E-state index contributed by atoms with van der Waals surface area (Å²) in [5.74, 6) is -0.419. The highest BCUT2D eigenvalue weighted by Gasteiger charge is 2.20. The standard InChI is InChI=1S/C24H23N3O5S2/c1-13-5-9-18(10-6-13)27-34(30,31)19-11-7-17(8-12-19)24(29)32-15(3)21-25-22(28)20-14(2)16(4)33-23(20)26-21/h5-12,15,27H,1-4H3,(H,25,26,28). The van der Waals surface area contributed by atoms with E-state index in [9.17, 15) is 18.0 Å². The van der Waals surface area contributed by atoms with Crippen molar-refractivity contribution in [3.63, 3.8) is 0 Å². The first kappa shape index (κ1) is 23.7. The van der Waals surface area contributed by atoms with Crippen LogP contribution in [0.2, 0.25) is 0 Å². The number of rotatable bonds is 6. The predicted octanol–water partition coefficient (Wildman–Crippen LogP) is 4.63. The Labute approximate surface area is 200 Å². The van der Waals surface area contributed by atoms with Crippen molar-refractivity contribution < 1.29 is 17.9 Å². The Morgan fingerprint density at radius 3 is 2.35 bits per heavy atom. The molecule has 0 aliphatic heterocycles. The minimum Gasteiger partial charge on any atom is -0.451 e. The zero-order valence-corrected chi connectivity index (χ0v) is 20.6. The smallest absolute Gasteiger partial charge is 0.338 e. The van der Waals surface area contributed by atoms with Gasteiger partial charge in [0.1, 0.15) is 4.83 Å². The van der Waals surface area contributed by atoms with Gasteiger partial charge in [-0.25, -0.2) is 18.2 Å². The highest BCUT2D eigenvalue weighted by molar-refractivity contribution is 7.92. The van der Waals surface area contributed by atoms with E-state index in [-0.39, 0.29) is 21.8 Å². The molecule has 176 valence electrons. The molecule has 0 aliphatic carbocycles. The second-order valence-electron chi connectivity index (χ2n) is 7.96. The van der Waals surface area contributed by atoms with Gasteiger partial charge in [0.2, 0.25) is 0 Å². The van der Waals surface area contributed by atoms with Crippen LogP contribution in [0, 0.1) is 20.8 Å². The van der Waals surface area contributed by atoms with Gasteiger partial charge < -0.3 is 9.72 Å². The molecule has 34 heavy (non-hydrogen) atoms. The maximum atomic E-state index is 12.6. The Hall–Kier alpha value is -3.50. The van der Waals surface area contributed by atoms with Crippen molar-refractivity contribution in [2.75, 3.05) is 4.72 Å². The molecule has 2 heterocycles. The monoisotopic (exact) mass is 497 g/mol. The number of thiophene rings is 1. The average molecular weight is 498 g/mol. The lowest BCUT2D eigenvalue weighted by atomic mass is 10.2. The summed E-state index contributed by atoms with van der Waals surface area (Å²) in [5.41, 5.74) is 2.24. The van der Waals surface area contributed by atoms with E-state index >= 15 is 0 Å². The predicted molar refractivity (Wildman–Crippen MR) is 132 cm³/mol. The Morgan fingerprint density at radius 2 is 1.71 bits per heavy atom. The molecule has 2 aromatic carbocycles. The number of fused-ring (bicyclic) bond motifs is 1. The third-order valence-electron chi connectivity index (χ3n) is 5.43. The number of aromatic amines is 1. The first-order valence-electron chi connectivity index (χ1n) is 10.5. The molecular formula is C24H23N3O5S2. The summed E-state index contributed by atoms with van der Waals surface area (Å²) in [6.07, 6.45) is -0.807. The molecule has 0 fully saturated rings. The largest absolute Gasteiger partial charge is 0.451 e. The fourth-order valence-electron chi connectivity index (χ4n) is 3.35. The minimum absolute atomic E-state index is 0.0116. The number of benzene rings is 2. The molecule has 0 amide bonds. The lowest BCUT2D eigenvalue weighted by molar-refractivity contribution is 0.0320. The fourth-order valence-corrected chi connectivity index (χ4v) is 5.45. The molecule has 4 rings (SSSR count). The van der Waals surface area contributed by atoms with Crippen LogP contribution in [0.15, 0.2) is 58.2 Å². The van der Waals surface area contributed by atoms with Crippen LogP contribution in [-0.4, -0.2) is 24.4 Å². The fraction of sp³-hybridized carbons (Fsp3) is 0.208. The van der Waals surface area contributed by atoms with Crippen molar-refractivity contribution in [2.45, 2.75) is 38.7 Å². The van der Waals surface area contributed by atoms with Crippen LogP contribution < -0.4 is 10.3 Å². The van der Waals surface area contributed by atoms with Gasteiger partial charge in [0, 0.05) is 10.6 Å². The van der Waals surface area contributed by atoms with E-state index in [2.05, 4.69) is 14.7 Å². The highest BCUT2D eigenvalue weighted by atomic mass is 32.2. The van der Waals surface area contributed by atoms with E-state index in [1.165, 1.54) is 35.6 Å². The zero-order chi connectivity index (χ0) is 24.6. The molecule has 10 heteroatoms. The number of hydrogen-bond acceptors (Lipinski definition) is 7. The molecule has 0 saturated heterocycles. The number of carbonyl (C=O) groups excluding carboxylic acids is 1. The van der Waals surface area contributed by atoms with Crippen LogP contribution in [0.4, 0.5) is 5.69 Å². The van der Waals surface area contributed by atoms with Gasteiger partial charge in [-0.3, -0.25) is 9.52 Å². The van der Waals surface area contributed by atoms with E-state index < -0.39 is 22.1 Å². The van der Waals surface area contributed by atoms with E-state index in [4.69, 9.17) is 4.74 Å². The van der Waals surface area contributed by atoms with E-state index in [1.807, 2.05) is 20.8 Å². The molecule has 8 nitrogen and oxygen atoms in total. The lowest BCUT2D eigenvalue weighted by Gasteiger charge is -2.13. The van der Waals surface area contributed by atoms with Crippen molar-refractivity contribution in [1.29, 1.82) is 0 Å². The molecule has 1 atom stereocenters. The third kappa shape index (κ3) is 4.73. The van der Waals surface area contributed by atoms with Gasteiger partial charge >= 0.3 is 5.97 Å². The Balaban J connectivity index is 1.49. The number of nitrogens with zero attached hydrogens (tertiary/aromatic N) is 1. The molecule has 2 N–H and O–H groups in total. The first-order valence-corrected chi connectivity index (χ1v) is 12.8. The summed E-state index contributed by atoms with van der Waals surface area (Å²) in [4.78, 5) is 33.8. The minimum atomic E-state index is -3.81. The van der Waals surface area contributed by atoms with E-state index in [0.717, 1.165) is 16.0 Å². The number of H-pyrrole nitrogens is 1. The topological polar surface area (TPSA) is 118 Å². The third-order valence-corrected chi connectivity index (χ3v) is 7.93. The summed E-state index contributed by atoms with van der Waals surface area (Å²) in [6, 6.07) is 12.4. The number of hydrogen-bond donors (Lipinski definition) is 2. The molecule has 0 aliphatic rings. The maximum absolute atomic E-state index is 12.6. The number of esters is 1. The Bertz CT molecular complexity index is 1540. The van der Waals surface area contributed by atoms with Crippen LogP contribution in [0.5, 0.6) is 0 Å². The highest BCUT2D eigenvalue weighted by Crippen LogP contribution is 2.27. The molecule has 0 bridgehead atoms. The molecular weight excluding hydrogens is 474 g/mol. The number of nitrogens with one attached hydrogen (secondary N) is 2. The average Bonchev–Trinajstić information content (AvgIpc) is 3.09. The molecule has 2 aromatic heterocycles. The van der Waals surface area contributed by atoms with Gasteiger partial charge in [0.05, 0.1) is 15.8 Å². The molecule has 0 radical (unpaired) electrons. The van der Waals surface area contributed by atoms with Gasteiger partial charge in [-0.1, -0.05) is 17.7 Å². The number of ether oxygens (including phenoxy) is 1. The van der Waals surface area contributed by atoms with Crippen LogP contribution in [0.25, 0.3) is 10.2 Å². The number of carbonyl (C=O) groups is 1. The van der Waals surface area contributed by atoms with Crippen LogP contribution in [0.3, 0.4) is 0 Å². The number of anilines is 1. The molecule has 1 unspecified atom stereocenters. The SMILES string of the molecule is Cc1ccc(NS(=O)(=O)c2ccc(C(=O)OC(C)c3nc4sc(C)c(C)c4c(=O)[nH]3)cc2)cc1. The van der Waals surface area contributed by atoms with Crippen LogP contribution >= 0.6 is 11.3 Å². The quantitative estimate of drug-likeness (QED) is 0.375. The van der Waals surface area contributed by atoms with Gasteiger partial charge in [0.15, 0.2) is 11.9 Å². The Morgan fingerprint density at radius 1 is 1.06 bits per heavy atom. The van der Waals surface area contributed by atoms with Crippen LogP contribution in [0.1, 0.15) is 45.2 Å². The number of aromatic nitrogens is 2. The number of sulfonamides is 1. The summed E-state index contributed by atoms with van der Waals surface area (Å²) < 4.78 is 33.2. The van der Waals surface area contributed by atoms with Crippen molar-refractivity contribution in [3.05, 3.63) is 86.3 Å². The van der Waals surface area contributed by atoms with Crippen molar-refractivity contribution in [3.8, 4) is 0 Å². The van der Waals surface area contributed by atoms with Crippen molar-refractivity contribution >= 4 is 43.2 Å². The lowest BCUT2D eigenvalue weighted by Crippen LogP contribution is -2.17. The van der Waals surface area contributed by atoms with Gasteiger partial charge in [-0.15, -0.1) is 11.3 Å². The summed E-state index contributed by atoms with van der Waals surface area (Å²) in [7, 11) is -3.81. The van der Waals surface area contributed by atoms with Gasteiger partial charge in [-0.2, -0.15) is 0 Å². The second-order valence-corrected chi connectivity index (χ2v) is 10.8. The van der Waals surface area contributed by atoms with Crippen molar-refractivity contribution in [2.24, 2.45) is 0 Å². The van der Waals surface area contributed by atoms with E-state index in [1.54, 1.807) is 31.2 Å². The zero-order valence-electron chi connectivity index (χ0n) is 19.0. The van der Waals surface area contributed by atoms with Crippen molar-refractivity contribution in [1.82, 2.24) is 9.97 Å². The van der Waals surface area contributed by atoms with Gasteiger partial charge in [0.25, 0.3) is 15.6 Å². The Kier molecular flexibility index (Phi) is 6.28. The first-order chi connectivity index (χ1) is 16.0. The van der Waals surface area contributed by atoms with Crippen LogP contribution in [-0.2, 0) is 14.8 Å².